The lowest BCUT2D eigenvalue weighted by molar-refractivity contribution is -0.152. The highest BCUT2D eigenvalue weighted by Gasteiger charge is 2.39. The number of hydrogen-bond acceptors (Lipinski definition) is 8. The largest absolute Gasteiger partial charge is 0.463 e. The molecule has 1 saturated carbocycles. The highest BCUT2D eigenvalue weighted by molar-refractivity contribution is 5.84. The first-order valence-corrected chi connectivity index (χ1v) is 20.8. The quantitative estimate of drug-likeness (QED) is 0.0347. The molecular formula is C43H76O8. The molecule has 0 radical (unpaired) electrons. The van der Waals surface area contributed by atoms with Gasteiger partial charge in [-0.25, -0.2) is 0 Å². The fourth-order valence-corrected chi connectivity index (χ4v) is 6.72. The van der Waals surface area contributed by atoms with Crippen LogP contribution in [-0.2, 0) is 23.9 Å². The summed E-state index contributed by atoms with van der Waals surface area (Å²) in [6.45, 7) is 6.33. The van der Waals surface area contributed by atoms with E-state index in [-0.39, 0.29) is 49.6 Å². The van der Waals surface area contributed by atoms with Crippen LogP contribution in [0, 0.1) is 17.8 Å². The highest BCUT2D eigenvalue weighted by Crippen LogP contribution is 2.33. The van der Waals surface area contributed by atoms with Crippen molar-refractivity contribution in [1.29, 1.82) is 0 Å². The van der Waals surface area contributed by atoms with Gasteiger partial charge in [0.05, 0.1) is 12.2 Å². The molecule has 0 spiro atoms. The molecule has 296 valence electrons. The van der Waals surface area contributed by atoms with Gasteiger partial charge in [-0.1, -0.05) is 154 Å². The van der Waals surface area contributed by atoms with Gasteiger partial charge in [0, 0.05) is 31.1 Å². The standard InChI is InChI=1S/C43H76O8/c1-4-5-20-26-36(44)30-31-39-38(40(46)32-41(39)47)27-22-18-19-24-29-43(49)51-34-37(45)33-50-42(48)28-23-17-15-13-11-9-7-6-8-10-12-14-16-21-25-35(2)3/h18,22,30-31,35-39,41,44-45,47H,4-17,19-21,23-29,32-34H2,1-3H3/b22-18-,31-30+/t36-,37-,38+,39+,41+/m0/s1. The van der Waals surface area contributed by atoms with Crippen molar-refractivity contribution < 1.29 is 39.2 Å². The van der Waals surface area contributed by atoms with Crippen LogP contribution in [0.15, 0.2) is 24.3 Å². The summed E-state index contributed by atoms with van der Waals surface area (Å²) in [7, 11) is 0. The van der Waals surface area contributed by atoms with Crippen molar-refractivity contribution in [2.45, 2.75) is 200 Å². The van der Waals surface area contributed by atoms with Crippen molar-refractivity contribution in [2.24, 2.45) is 17.8 Å². The average molecular weight is 721 g/mol. The van der Waals surface area contributed by atoms with Crippen LogP contribution in [0.25, 0.3) is 0 Å². The van der Waals surface area contributed by atoms with E-state index in [1.165, 1.54) is 77.0 Å². The number of Topliss-reactive ketones (excluding diaryl/α,β-unsaturated/α-hetero) is 1. The lowest BCUT2D eigenvalue weighted by Crippen LogP contribution is -2.25. The predicted octanol–water partition coefficient (Wildman–Crippen LogP) is 9.51. The second-order valence-corrected chi connectivity index (χ2v) is 15.4. The molecule has 0 unspecified atom stereocenters. The summed E-state index contributed by atoms with van der Waals surface area (Å²) >= 11 is 0. The number of unbranched alkanes of at least 4 members (excludes halogenated alkanes) is 16. The van der Waals surface area contributed by atoms with E-state index in [9.17, 15) is 29.7 Å². The molecule has 1 aliphatic rings. The third kappa shape index (κ3) is 26.4. The summed E-state index contributed by atoms with van der Waals surface area (Å²) in [5, 5.41) is 30.6. The van der Waals surface area contributed by atoms with Crippen LogP contribution in [0.2, 0.25) is 0 Å². The van der Waals surface area contributed by atoms with Crippen LogP contribution in [-0.4, -0.2) is 64.6 Å². The molecule has 0 aromatic carbocycles. The second-order valence-electron chi connectivity index (χ2n) is 15.4. The Kier molecular flexibility index (Phi) is 29.0. The van der Waals surface area contributed by atoms with Crippen LogP contribution < -0.4 is 0 Å². The van der Waals surface area contributed by atoms with Gasteiger partial charge >= 0.3 is 11.9 Å². The Bertz CT molecular complexity index is 944. The highest BCUT2D eigenvalue weighted by atomic mass is 16.6. The maximum Gasteiger partial charge on any atom is 0.305 e. The minimum atomic E-state index is -1.05. The molecule has 1 rings (SSSR count). The first-order valence-electron chi connectivity index (χ1n) is 20.8. The number of hydrogen-bond donors (Lipinski definition) is 3. The number of carbonyl (C=O) groups excluding carboxylic acids is 3. The van der Waals surface area contributed by atoms with Crippen LogP contribution in [0.4, 0.5) is 0 Å². The maximum absolute atomic E-state index is 12.4. The zero-order valence-electron chi connectivity index (χ0n) is 32.7. The third-order valence-electron chi connectivity index (χ3n) is 9.99. The van der Waals surface area contributed by atoms with Crippen LogP contribution in [0.5, 0.6) is 0 Å². The smallest absolute Gasteiger partial charge is 0.305 e. The molecule has 0 aromatic rings. The summed E-state index contributed by atoms with van der Waals surface area (Å²) in [5.74, 6) is -0.493. The normalized spacial score (nSPS) is 19.0. The number of rotatable bonds is 33. The predicted molar refractivity (Wildman–Crippen MR) is 206 cm³/mol. The van der Waals surface area contributed by atoms with Crippen molar-refractivity contribution >= 4 is 17.7 Å². The number of allylic oxidation sites excluding steroid dienone is 2. The van der Waals surface area contributed by atoms with E-state index in [1.807, 2.05) is 12.2 Å². The Morgan fingerprint density at radius 2 is 1.24 bits per heavy atom. The summed E-state index contributed by atoms with van der Waals surface area (Å²) in [4.78, 5) is 36.5. The van der Waals surface area contributed by atoms with E-state index in [4.69, 9.17) is 9.47 Å². The van der Waals surface area contributed by atoms with Crippen LogP contribution in [0.1, 0.15) is 181 Å². The number of aliphatic hydroxyl groups excluding tert-OH is 3. The lowest BCUT2D eigenvalue weighted by atomic mass is 9.90. The van der Waals surface area contributed by atoms with E-state index < -0.39 is 24.3 Å². The number of esters is 2. The minimum Gasteiger partial charge on any atom is -0.463 e. The first-order chi connectivity index (χ1) is 24.6. The fourth-order valence-electron chi connectivity index (χ4n) is 6.72. The topological polar surface area (TPSA) is 130 Å². The van der Waals surface area contributed by atoms with Gasteiger partial charge in [-0.3, -0.25) is 14.4 Å². The van der Waals surface area contributed by atoms with E-state index in [0.717, 1.165) is 44.4 Å². The van der Waals surface area contributed by atoms with Crippen molar-refractivity contribution in [2.75, 3.05) is 13.2 Å². The SMILES string of the molecule is CCCCC[C@H](O)/C=C/[C@H]1[C@H](O)CC(=O)[C@@H]1C/C=C\CCCC(=O)OC[C@@H](O)COC(=O)CCCCCCCCCCCCCCCCC(C)C. The first kappa shape index (κ1) is 47.0. The number of ketones is 1. The lowest BCUT2D eigenvalue weighted by Gasteiger charge is -2.16. The second kappa shape index (κ2) is 31.5. The molecule has 0 aliphatic heterocycles. The third-order valence-corrected chi connectivity index (χ3v) is 9.99. The monoisotopic (exact) mass is 721 g/mol. The van der Waals surface area contributed by atoms with Crippen molar-refractivity contribution in [3.63, 3.8) is 0 Å². The number of aliphatic hydroxyl groups is 3. The zero-order chi connectivity index (χ0) is 37.5. The molecule has 51 heavy (non-hydrogen) atoms. The number of carbonyl (C=O) groups is 3. The molecule has 1 aliphatic carbocycles. The molecule has 0 aromatic heterocycles. The average Bonchev–Trinajstić information content (AvgIpc) is 3.37. The summed E-state index contributed by atoms with van der Waals surface area (Å²) < 4.78 is 10.3. The van der Waals surface area contributed by atoms with E-state index in [2.05, 4.69) is 20.8 Å². The minimum absolute atomic E-state index is 0.0325. The van der Waals surface area contributed by atoms with Gasteiger partial charge in [0.2, 0.25) is 0 Å². The summed E-state index contributed by atoms with van der Waals surface area (Å²) in [5.41, 5.74) is 0. The molecule has 8 heteroatoms. The van der Waals surface area contributed by atoms with Crippen LogP contribution in [0.3, 0.4) is 0 Å². The molecule has 1 fully saturated rings. The van der Waals surface area contributed by atoms with Crippen molar-refractivity contribution in [3.05, 3.63) is 24.3 Å². The molecule has 3 N–H and O–H groups in total. The van der Waals surface area contributed by atoms with Gasteiger partial charge < -0.3 is 24.8 Å². The molecule has 0 heterocycles. The van der Waals surface area contributed by atoms with Gasteiger partial charge in [0.15, 0.2) is 0 Å². The summed E-state index contributed by atoms with van der Waals surface area (Å²) in [6, 6.07) is 0. The van der Waals surface area contributed by atoms with Gasteiger partial charge in [-0.2, -0.15) is 0 Å². The maximum atomic E-state index is 12.4. The van der Waals surface area contributed by atoms with Gasteiger partial charge in [0.25, 0.3) is 0 Å². The molecule has 5 atom stereocenters. The van der Waals surface area contributed by atoms with E-state index in [1.54, 1.807) is 12.2 Å². The molecule has 0 amide bonds. The number of ether oxygens (including phenoxy) is 2. The van der Waals surface area contributed by atoms with E-state index in [0.29, 0.717) is 32.1 Å². The van der Waals surface area contributed by atoms with Gasteiger partial charge in [-0.05, 0) is 38.0 Å². The molecule has 8 nitrogen and oxygen atoms in total. The fraction of sp³-hybridized carbons (Fsp3) is 0.837. The van der Waals surface area contributed by atoms with Crippen molar-refractivity contribution in [1.82, 2.24) is 0 Å². The van der Waals surface area contributed by atoms with Gasteiger partial charge in [-0.15, -0.1) is 0 Å². The Morgan fingerprint density at radius 3 is 1.78 bits per heavy atom. The molecule has 0 bridgehead atoms. The van der Waals surface area contributed by atoms with Gasteiger partial charge in [0.1, 0.15) is 25.1 Å². The Balaban J connectivity index is 2.01. The van der Waals surface area contributed by atoms with Crippen LogP contribution >= 0.6 is 0 Å². The van der Waals surface area contributed by atoms with E-state index >= 15 is 0 Å². The Labute approximate surface area is 311 Å². The Hall–Kier alpha value is -2.03. The Morgan fingerprint density at radius 1 is 0.725 bits per heavy atom. The zero-order valence-corrected chi connectivity index (χ0v) is 32.7. The molecule has 0 saturated heterocycles. The van der Waals surface area contributed by atoms with Crippen molar-refractivity contribution in [3.8, 4) is 0 Å². The summed E-state index contributed by atoms with van der Waals surface area (Å²) in [6.07, 6.45) is 30.3. The molecular weight excluding hydrogens is 644 g/mol.